The molecule has 110 valence electrons. The maximum atomic E-state index is 12.3. The monoisotopic (exact) mass is 281 g/mol. The van der Waals surface area contributed by atoms with E-state index >= 15 is 0 Å². The van der Waals surface area contributed by atoms with Gasteiger partial charge >= 0.3 is 5.97 Å². The second-order valence-corrected chi connectivity index (χ2v) is 5.24. The van der Waals surface area contributed by atoms with Crippen LogP contribution in [-0.2, 0) is 23.1 Å². The second-order valence-electron chi connectivity index (χ2n) is 5.24. The number of carboxylic acid groups (broad SMARTS) is 1. The number of carbonyl (C=O) groups is 2. The van der Waals surface area contributed by atoms with E-state index in [1.807, 2.05) is 13.8 Å². The molecule has 2 rings (SSSR count). The normalized spacial score (nSPS) is 22.3. The molecule has 1 aliphatic rings. The van der Waals surface area contributed by atoms with Crippen molar-refractivity contribution in [3.8, 4) is 0 Å². The number of likely N-dealkylation sites (tertiary alicyclic amines) is 1. The molecule has 7 nitrogen and oxygen atoms in total. The van der Waals surface area contributed by atoms with Crippen molar-refractivity contribution < 1.29 is 19.8 Å². The number of carboxylic acids is 1. The molecule has 0 unspecified atom stereocenters. The number of aliphatic hydroxyl groups excluding tert-OH is 1. The van der Waals surface area contributed by atoms with E-state index in [0.717, 1.165) is 17.0 Å². The molecule has 2 heterocycles. The summed E-state index contributed by atoms with van der Waals surface area (Å²) in [4.78, 5) is 24.7. The van der Waals surface area contributed by atoms with E-state index in [4.69, 9.17) is 5.11 Å². The Bertz CT molecular complexity index is 552. The zero-order valence-electron chi connectivity index (χ0n) is 11.8. The first kappa shape index (κ1) is 14.5. The standard InChI is InChI=1S/C13H19N3O4/c1-7-10(8(2)15(3)14-7)5-12(18)16-6-9(17)4-11(16)13(19)20/h9,11,17H,4-6H2,1-3H3,(H,19,20)/t9-,11-/m1/s1. The van der Waals surface area contributed by atoms with E-state index in [1.165, 1.54) is 4.90 Å². The molecule has 2 N–H and O–H groups in total. The molecule has 1 amide bonds. The smallest absolute Gasteiger partial charge is 0.326 e. The summed E-state index contributed by atoms with van der Waals surface area (Å²) in [6, 6.07) is -0.935. The Morgan fingerprint density at radius 1 is 1.40 bits per heavy atom. The van der Waals surface area contributed by atoms with Crippen LogP contribution in [-0.4, -0.2) is 55.5 Å². The summed E-state index contributed by atoms with van der Waals surface area (Å²) >= 11 is 0. The first-order valence-electron chi connectivity index (χ1n) is 6.50. The van der Waals surface area contributed by atoms with Crippen LogP contribution in [0.25, 0.3) is 0 Å². The summed E-state index contributed by atoms with van der Waals surface area (Å²) in [6.45, 7) is 3.77. The average Bonchev–Trinajstić information content (AvgIpc) is 2.85. The molecule has 1 fully saturated rings. The molecule has 1 aliphatic heterocycles. The number of aliphatic hydroxyl groups is 1. The first-order valence-corrected chi connectivity index (χ1v) is 6.50. The van der Waals surface area contributed by atoms with Gasteiger partial charge in [0.15, 0.2) is 0 Å². The maximum absolute atomic E-state index is 12.3. The number of hydrogen-bond donors (Lipinski definition) is 2. The lowest BCUT2D eigenvalue weighted by molar-refractivity contribution is -0.148. The van der Waals surface area contributed by atoms with Crippen LogP contribution in [0.5, 0.6) is 0 Å². The number of aromatic nitrogens is 2. The zero-order valence-corrected chi connectivity index (χ0v) is 11.8. The minimum absolute atomic E-state index is 0.0775. The van der Waals surface area contributed by atoms with Crippen LogP contribution in [0.1, 0.15) is 23.4 Å². The molecule has 1 saturated heterocycles. The summed E-state index contributed by atoms with van der Waals surface area (Å²) in [5, 5.41) is 22.9. The minimum Gasteiger partial charge on any atom is -0.480 e. The van der Waals surface area contributed by atoms with Crippen LogP contribution in [0.3, 0.4) is 0 Å². The van der Waals surface area contributed by atoms with Gasteiger partial charge in [0.1, 0.15) is 6.04 Å². The van der Waals surface area contributed by atoms with Crippen molar-refractivity contribution in [2.45, 2.75) is 38.8 Å². The lowest BCUT2D eigenvalue weighted by Gasteiger charge is -2.21. The lowest BCUT2D eigenvalue weighted by Crippen LogP contribution is -2.41. The van der Waals surface area contributed by atoms with Gasteiger partial charge in [-0.3, -0.25) is 9.48 Å². The van der Waals surface area contributed by atoms with Gasteiger partial charge < -0.3 is 15.1 Å². The van der Waals surface area contributed by atoms with Crippen molar-refractivity contribution in [1.29, 1.82) is 0 Å². The number of nitrogens with zero attached hydrogens (tertiary/aromatic N) is 3. The first-order chi connectivity index (χ1) is 9.31. The minimum atomic E-state index is -1.07. The highest BCUT2D eigenvalue weighted by atomic mass is 16.4. The predicted molar refractivity (Wildman–Crippen MR) is 70.1 cm³/mol. The third-order valence-electron chi connectivity index (χ3n) is 3.87. The highest BCUT2D eigenvalue weighted by Gasteiger charge is 2.39. The van der Waals surface area contributed by atoms with Crippen LogP contribution in [0, 0.1) is 13.8 Å². The molecule has 1 aromatic heterocycles. The molecule has 0 saturated carbocycles. The number of β-amino-alcohol motifs (C(OH)–C–C–N with tert-alkyl or cyclic N) is 1. The summed E-state index contributed by atoms with van der Waals surface area (Å²) in [6.07, 6.45) is -0.565. The van der Waals surface area contributed by atoms with E-state index in [2.05, 4.69) is 5.10 Å². The van der Waals surface area contributed by atoms with Crippen LogP contribution in [0.4, 0.5) is 0 Å². The van der Waals surface area contributed by atoms with Gasteiger partial charge in [-0.2, -0.15) is 5.10 Å². The van der Waals surface area contributed by atoms with Gasteiger partial charge in [0, 0.05) is 31.3 Å². The summed E-state index contributed by atoms with van der Waals surface area (Å²) in [7, 11) is 1.80. The van der Waals surface area contributed by atoms with Gasteiger partial charge in [-0.25, -0.2) is 4.79 Å². The fourth-order valence-corrected chi connectivity index (χ4v) is 2.65. The number of carbonyl (C=O) groups excluding carboxylic acids is 1. The summed E-state index contributed by atoms with van der Waals surface area (Å²) < 4.78 is 1.70. The number of hydrogen-bond acceptors (Lipinski definition) is 4. The number of aliphatic carboxylic acids is 1. The predicted octanol–water partition coefficient (Wildman–Crippen LogP) is -0.374. The highest BCUT2D eigenvalue weighted by Crippen LogP contribution is 2.21. The number of amides is 1. The Morgan fingerprint density at radius 3 is 2.55 bits per heavy atom. The Labute approximate surface area is 116 Å². The molecular formula is C13H19N3O4. The lowest BCUT2D eigenvalue weighted by atomic mass is 10.1. The second kappa shape index (κ2) is 5.24. The SMILES string of the molecule is Cc1nn(C)c(C)c1CC(=O)N1C[C@H](O)C[C@@H]1C(=O)O. The van der Waals surface area contributed by atoms with Crippen LogP contribution in [0.2, 0.25) is 0 Å². The molecule has 7 heteroatoms. The Hall–Kier alpha value is -1.89. The third kappa shape index (κ3) is 2.53. The molecule has 0 spiro atoms. The van der Waals surface area contributed by atoms with E-state index < -0.39 is 18.1 Å². The van der Waals surface area contributed by atoms with Crippen molar-refractivity contribution in [3.63, 3.8) is 0 Å². The quantitative estimate of drug-likeness (QED) is 0.788. The van der Waals surface area contributed by atoms with Crippen molar-refractivity contribution in [1.82, 2.24) is 14.7 Å². The topological polar surface area (TPSA) is 95.7 Å². The van der Waals surface area contributed by atoms with E-state index in [1.54, 1.807) is 11.7 Å². The maximum Gasteiger partial charge on any atom is 0.326 e. The fraction of sp³-hybridized carbons (Fsp3) is 0.615. The Balaban J connectivity index is 2.17. The van der Waals surface area contributed by atoms with Crippen molar-refractivity contribution in [2.75, 3.05) is 6.54 Å². The van der Waals surface area contributed by atoms with Gasteiger partial charge in [0.05, 0.1) is 18.2 Å². The zero-order chi connectivity index (χ0) is 15.0. The molecule has 20 heavy (non-hydrogen) atoms. The van der Waals surface area contributed by atoms with Crippen LogP contribution in [0.15, 0.2) is 0 Å². The molecule has 0 aromatic carbocycles. The van der Waals surface area contributed by atoms with Gasteiger partial charge in [-0.15, -0.1) is 0 Å². The Morgan fingerprint density at radius 2 is 2.05 bits per heavy atom. The molecular weight excluding hydrogens is 262 g/mol. The average molecular weight is 281 g/mol. The molecule has 2 atom stereocenters. The molecule has 0 bridgehead atoms. The van der Waals surface area contributed by atoms with Crippen molar-refractivity contribution >= 4 is 11.9 Å². The van der Waals surface area contributed by atoms with Crippen LogP contribution >= 0.6 is 0 Å². The Kier molecular flexibility index (Phi) is 3.80. The van der Waals surface area contributed by atoms with Gasteiger partial charge in [0.25, 0.3) is 0 Å². The largest absolute Gasteiger partial charge is 0.480 e. The van der Waals surface area contributed by atoms with Crippen molar-refractivity contribution in [2.24, 2.45) is 7.05 Å². The van der Waals surface area contributed by atoms with E-state index in [-0.39, 0.29) is 25.3 Å². The summed E-state index contributed by atoms with van der Waals surface area (Å²) in [5.41, 5.74) is 2.48. The van der Waals surface area contributed by atoms with Gasteiger partial charge in [-0.1, -0.05) is 0 Å². The molecule has 0 aliphatic carbocycles. The van der Waals surface area contributed by atoms with Gasteiger partial charge in [0.2, 0.25) is 5.91 Å². The highest BCUT2D eigenvalue weighted by molar-refractivity contribution is 5.86. The van der Waals surface area contributed by atoms with E-state index in [9.17, 15) is 14.7 Å². The van der Waals surface area contributed by atoms with Gasteiger partial charge in [-0.05, 0) is 13.8 Å². The number of aryl methyl sites for hydroxylation is 2. The third-order valence-corrected chi connectivity index (χ3v) is 3.87. The fourth-order valence-electron chi connectivity index (χ4n) is 2.65. The number of rotatable bonds is 3. The molecule has 0 radical (unpaired) electrons. The summed E-state index contributed by atoms with van der Waals surface area (Å²) in [5.74, 6) is -1.36. The van der Waals surface area contributed by atoms with Crippen molar-refractivity contribution in [3.05, 3.63) is 17.0 Å². The van der Waals surface area contributed by atoms with E-state index in [0.29, 0.717) is 0 Å². The molecule has 1 aromatic rings. The van der Waals surface area contributed by atoms with Crippen LogP contribution < -0.4 is 0 Å².